The molecule has 1 unspecified atom stereocenters. The average Bonchev–Trinajstić information content (AvgIpc) is 3.29. The second-order valence-corrected chi connectivity index (χ2v) is 7.44. The van der Waals surface area contributed by atoms with E-state index in [0.717, 1.165) is 55.4 Å². The summed E-state index contributed by atoms with van der Waals surface area (Å²) in [6, 6.07) is 18.7. The van der Waals surface area contributed by atoms with Crippen LogP contribution in [0.25, 0.3) is 0 Å². The lowest BCUT2D eigenvalue weighted by Crippen LogP contribution is -2.40. The number of nitrogens with one attached hydrogen (secondary N) is 1. The lowest BCUT2D eigenvalue weighted by Gasteiger charge is -2.31. The Bertz CT molecular complexity index is 936. The molecule has 2 aromatic carbocycles. The minimum Gasteiger partial charge on any atom is -0.497 e. The van der Waals surface area contributed by atoms with E-state index in [2.05, 4.69) is 10.2 Å². The van der Waals surface area contributed by atoms with Crippen LogP contribution in [-0.4, -0.2) is 31.0 Å². The van der Waals surface area contributed by atoms with Crippen molar-refractivity contribution in [1.29, 1.82) is 0 Å². The molecule has 156 valence electrons. The maximum absolute atomic E-state index is 12.7. The monoisotopic (exact) mass is 406 g/mol. The minimum atomic E-state index is -0.0241. The van der Waals surface area contributed by atoms with Gasteiger partial charge in [-0.2, -0.15) is 0 Å². The van der Waals surface area contributed by atoms with Gasteiger partial charge in [0.05, 0.1) is 25.8 Å². The van der Waals surface area contributed by atoms with Gasteiger partial charge in [0.15, 0.2) is 0 Å². The molecule has 30 heavy (non-hydrogen) atoms. The Balaban J connectivity index is 1.30. The molecule has 0 spiro atoms. The molecule has 1 aromatic heterocycles. The number of nitrogens with zero attached hydrogens (tertiary/aromatic N) is 1. The van der Waals surface area contributed by atoms with Crippen molar-refractivity contribution in [3.05, 3.63) is 72.7 Å². The molecular formula is C24H26N2O4. The van der Waals surface area contributed by atoms with Crippen molar-refractivity contribution in [2.75, 3.05) is 25.5 Å². The number of furan rings is 1. The zero-order valence-electron chi connectivity index (χ0n) is 17.0. The summed E-state index contributed by atoms with van der Waals surface area (Å²) in [6.07, 6.45) is 3.60. The summed E-state index contributed by atoms with van der Waals surface area (Å²) in [5, 5.41) is 3.04. The highest BCUT2D eigenvalue weighted by Crippen LogP contribution is 2.26. The third-order valence-electron chi connectivity index (χ3n) is 5.25. The molecule has 0 aliphatic carbocycles. The third-order valence-corrected chi connectivity index (χ3v) is 5.25. The first-order chi connectivity index (χ1) is 14.7. The fourth-order valence-electron chi connectivity index (χ4n) is 3.67. The standard InChI is InChI=1S/C24H26N2O4/c1-28-20-10-12-22(13-11-20)30-21-8-6-19(7-9-21)25-24(27)18-4-2-14-26(16-18)17-23-5-3-15-29-23/h3,5-13,15,18H,2,4,14,16-17H2,1H3,(H,25,27). The summed E-state index contributed by atoms with van der Waals surface area (Å²) in [7, 11) is 1.63. The molecule has 1 aliphatic rings. The number of ether oxygens (including phenoxy) is 2. The highest BCUT2D eigenvalue weighted by Gasteiger charge is 2.26. The molecule has 0 bridgehead atoms. The maximum Gasteiger partial charge on any atom is 0.228 e. The van der Waals surface area contributed by atoms with Gasteiger partial charge >= 0.3 is 0 Å². The Labute approximate surface area is 176 Å². The van der Waals surface area contributed by atoms with Crippen molar-refractivity contribution >= 4 is 11.6 Å². The fourth-order valence-corrected chi connectivity index (χ4v) is 3.67. The van der Waals surface area contributed by atoms with Crippen LogP contribution in [0.2, 0.25) is 0 Å². The van der Waals surface area contributed by atoms with Crippen molar-refractivity contribution in [3.63, 3.8) is 0 Å². The summed E-state index contributed by atoms with van der Waals surface area (Å²) in [5.74, 6) is 3.19. The normalized spacial score (nSPS) is 16.8. The Morgan fingerprint density at radius 1 is 1.07 bits per heavy atom. The quantitative estimate of drug-likeness (QED) is 0.603. The molecule has 1 aliphatic heterocycles. The first-order valence-electron chi connectivity index (χ1n) is 10.2. The van der Waals surface area contributed by atoms with E-state index in [1.165, 1.54) is 0 Å². The highest BCUT2D eigenvalue weighted by molar-refractivity contribution is 5.92. The van der Waals surface area contributed by atoms with Gasteiger partial charge in [-0.15, -0.1) is 0 Å². The molecule has 3 aromatic rings. The van der Waals surface area contributed by atoms with Crippen molar-refractivity contribution in [1.82, 2.24) is 4.90 Å². The van der Waals surface area contributed by atoms with E-state index >= 15 is 0 Å². The lowest BCUT2D eigenvalue weighted by atomic mass is 9.97. The van der Waals surface area contributed by atoms with Crippen LogP contribution in [0.5, 0.6) is 17.2 Å². The average molecular weight is 406 g/mol. The zero-order valence-corrected chi connectivity index (χ0v) is 17.0. The molecule has 1 N–H and O–H groups in total. The first kappa shape index (κ1) is 20.0. The van der Waals surface area contributed by atoms with Crippen LogP contribution in [0.15, 0.2) is 71.3 Å². The lowest BCUT2D eigenvalue weighted by molar-refractivity contribution is -0.121. The zero-order chi connectivity index (χ0) is 20.8. The number of anilines is 1. The van der Waals surface area contributed by atoms with E-state index in [1.807, 2.05) is 60.7 Å². The SMILES string of the molecule is COc1ccc(Oc2ccc(NC(=O)C3CCCN(Cc4ccco4)C3)cc2)cc1. The smallest absolute Gasteiger partial charge is 0.228 e. The summed E-state index contributed by atoms with van der Waals surface area (Å²) >= 11 is 0. The van der Waals surface area contributed by atoms with E-state index in [9.17, 15) is 4.79 Å². The van der Waals surface area contributed by atoms with Gasteiger partial charge in [0.2, 0.25) is 5.91 Å². The molecule has 6 heteroatoms. The number of amides is 1. The number of rotatable bonds is 7. The van der Waals surface area contributed by atoms with E-state index in [1.54, 1.807) is 13.4 Å². The van der Waals surface area contributed by atoms with Crippen LogP contribution < -0.4 is 14.8 Å². The predicted molar refractivity (Wildman–Crippen MR) is 115 cm³/mol. The maximum atomic E-state index is 12.7. The van der Waals surface area contributed by atoms with Crippen LogP contribution in [0.3, 0.4) is 0 Å². The first-order valence-corrected chi connectivity index (χ1v) is 10.2. The number of carbonyl (C=O) groups excluding carboxylic acids is 1. The minimum absolute atomic E-state index is 0.0241. The fraction of sp³-hybridized carbons (Fsp3) is 0.292. The highest BCUT2D eigenvalue weighted by atomic mass is 16.5. The Morgan fingerprint density at radius 2 is 1.77 bits per heavy atom. The number of hydrogen-bond donors (Lipinski definition) is 1. The van der Waals surface area contributed by atoms with Crippen LogP contribution >= 0.6 is 0 Å². The summed E-state index contributed by atoms with van der Waals surface area (Å²) in [6.45, 7) is 2.47. The molecule has 2 heterocycles. The van der Waals surface area contributed by atoms with Crippen LogP contribution in [0.1, 0.15) is 18.6 Å². The van der Waals surface area contributed by atoms with Crippen molar-refractivity contribution in [2.45, 2.75) is 19.4 Å². The summed E-state index contributed by atoms with van der Waals surface area (Å²) in [4.78, 5) is 15.0. The van der Waals surface area contributed by atoms with Gasteiger partial charge < -0.3 is 19.2 Å². The summed E-state index contributed by atoms with van der Waals surface area (Å²) < 4.78 is 16.4. The second-order valence-electron chi connectivity index (χ2n) is 7.44. The van der Waals surface area contributed by atoms with Gasteiger partial charge in [0, 0.05) is 12.2 Å². The number of benzene rings is 2. The molecule has 1 amide bonds. The molecule has 6 nitrogen and oxygen atoms in total. The van der Waals surface area contributed by atoms with Crippen molar-refractivity contribution in [3.8, 4) is 17.2 Å². The molecule has 1 saturated heterocycles. The number of hydrogen-bond acceptors (Lipinski definition) is 5. The van der Waals surface area contributed by atoms with E-state index in [-0.39, 0.29) is 11.8 Å². The number of methoxy groups -OCH3 is 1. The largest absolute Gasteiger partial charge is 0.497 e. The van der Waals surface area contributed by atoms with Gasteiger partial charge in [-0.3, -0.25) is 9.69 Å². The Hall–Kier alpha value is -3.25. The van der Waals surface area contributed by atoms with Crippen LogP contribution in [-0.2, 0) is 11.3 Å². The van der Waals surface area contributed by atoms with E-state index < -0.39 is 0 Å². The molecule has 0 radical (unpaired) electrons. The Morgan fingerprint density at radius 3 is 2.43 bits per heavy atom. The molecule has 0 saturated carbocycles. The van der Waals surface area contributed by atoms with Gasteiger partial charge in [-0.05, 0) is 80.1 Å². The topological polar surface area (TPSA) is 63.9 Å². The number of likely N-dealkylation sites (tertiary alicyclic amines) is 1. The Kier molecular flexibility index (Phi) is 6.35. The van der Waals surface area contributed by atoms with Crippen molar-refractivity contribution in [2.24, 2.45) is 5.92 Å². The second kappa shape index (κ2) is 9.50. The molecule has 1 fully saturated rings. The van der Waals surface area contributed by atoms with E-state index in [4.69, 9.17) is 13.9 Å². The molecule has 1 atom stereocenters. The van der Waals surface area contributed by atoms with Gasteiger partial charge in [0.25, 0.3) is 0 Å². The van der Waals surface area contributed by atoms with Crippen LogP contribution in [0, 0.1) is 5.92 Å². The molecular weight excluding hydrogens is 380 g/mol. The number of carbonyl (C=O) groups is 1. The van der Waals surface area contributed by atoms with Crippen LogP contribution in [0.4, 0.5) is 5.69 Å². The van der Waals surface area contributed by atoms with Gasteiger partial charge in [0.1, 0.15) is 23.0 Å². The third kappa shape index (κ3) is 5.21. The molecule has 4 rings (SSSR count). The predicted octanol–water partition coefficient (Wildman–Crippen LogP) is 4.93. The van der Waals surface area contributed by atoms with Gasteiger partial charge in [-0.25, -0.2) is 0 Å². The van der Waals surface area contributed by atoms with Gasteiger partial charge in [-0.1, -0.05) is 0 Å². The van der Waals surface area contributed by atoms with E-state index in [0.29, 0.717) is 5.75 Å². The summed E-state index contributed by atoms with van der Waals surface area (Å²) in [5.41, 5.74) is 0.769. The number of piperidine rings is 1. The van der Waals surface area contributed by atoms with Crippen molar-refractivity contribution < 1.29 is 18.7 Å².